The van der Waals surface area contributed by atoms with Crippen molar-refractivity contribution in [3.63, 3.8) is 0 Å². The number of nitrogens with zero attached hydrogens (tertiary/aromatic N) is 3. The fourth-order valence-corrected chi connectivity index (χ4v) is 2.03. The van der Waals surface area contributed by atoms with E-state index in [9.17, 15) is 4.39 Å². The van der Waals surface area contributed by atoms with Gasteiger partial charge in [0.15, 0.2) is 5.96 Å². The Morgan fingerprint density at radius 3 is 2.43 bits per heavy atom. The molecule has 0 aliphatic rings. The van der Waals surface area contributed by atoms with Crippen LogP contribution in [0, 0.1) is 5.82 Å². The van der Waals surface area contributed by atoms with Gasteiger partial charge in [0, 0.05) is 33.2 Å². The molecule has 4 nitrogen and oxygen atoms in total. The summed E-state index contributed by atoms with van der Waals surface area (Å²) in [6, 6.07) is 6.79. The standard InChI is InChI=1S/C15H25FN4.HI/c1-4-20(5-2)15(17)18-11-8-12-19(3)14-10-7-6-9-13(14)16;/h6-7,9-10H,4-5,8,11-12H2,1-3H3,(H2,17,18);1H. The summed E-state index contributed by atoms with van der Waals surface area (Å²) in [5.74, 6) is 0.393. The SMILES string of the molecule is CCN(CC)C(N)=NCCCN(C)c1ccccc1F.I. The zero-order valence-electron chi connectivity index (χ0n) is 13.1. The molecule has 0 bridgehead atoms. The summed E-state index contributed by atoms with van der Waals surface area (Å²) in [5, 5.41) is 0. The highest BCUT2D eigenvalue weighted by Crippen LogP contribution is 2.16. The van der Waals surface area contributed by atoms with Crippen LogP contribution in [0.25, 0.3) is 0 Å². The second-order valence-corrected chi connectivity index (χ2v) is 4.64. The minimum atomic E-state index is -0.193. The molecule has 0 amide bonds. The molecule has 0 aliphatic heterocycles. The van der Waals surface area contributed by atoms with Crippen molar-refractivity contribution >= 4 is 35.6 Å². The largest absolute Gasteiger partial charge is 0.372 e. The molecule has 0 heterocycles. The zero-order valence-corrected chi connectivity index (χ0v) is 15.4. The van der Waals surface area contributed by atoms with E-state index in [-0.39, 0.29) is 29.8 Å². The number of aliphatic imine (C=N–C) groups is 1. The smallest absolute Gasteiger partial charge is 0.191 e. The van der Waals surface area contributed by atoms with Gasteiger partial charge in [-0.25, -0.2) is 4.39 Å². The molecule has 0 saturated carbocycles. The highest BCUT2D eigenvalue weighted by Gasteiger charge is 2.06. The molecule has 21 heavy (non-hydrogen) atoms. The maximum Gasteiger partial charge on any atom is 0.191 e. The first kappa shape index (κ1) is 19.9. The van der Waals surface area contributed by atoms with E-state index in [4.69, 9.17) is 5.73 Å². The van der Waals surface area contributed by atoms with E-state index in [0.717, 1.165) is 26.1 Å². The Labute approximate surface area is 144 Å². The molecular weight excluding hydrogens is 382 g/mol. The molecule has 1 aromatic carbocycles. The molecule has 6 heteroatoms. The zero-order chi connectivity index (χ0) is 15.0. The normalized spacial score (nSPS) is 11.0. The van der Waals surface area contributed by atoms with E-state index in [1.54, 1.807) is 12.1 Å². The average molecular weight is 408 g/mol. The number of para-hydroxylation sites is 1. The van der Waals surface area contributed by atoms with Crippen LogP contribution in [-0.2, 0) is 0 Å². The van der Waals surface area contributed by atoms with Crippen molar-refractivity contribution in [2.45, 2.75) is 20.3 Å². The van der Waals surface area contributed by atoms with Crippen LogP contribution < -0.4 is 10.6 Å². The molecule has 1 rings (SSSR count). The van der Waals surface area contributed by atoms with Gasteiger partial charge in [-0.05, 0) is 32.4 Å². The van der Waals surface area contributed by atoms with Crippen molar-refractivity contribution in [2.24, 2.45) is 10.7 Å². The first-order chi connectivity index (χ1) is 9.60. The van der Waals surface area contributed by atoms with Crippen LogP contribution >= 0.6 is 24.0 Å². The Hall–Kier alpha value is -1.05. The van der Waals surface area contributed by atoms with Crippen molar-refractivity contribution in [1.82, 2.24) is 4.90 Å². The molecule has 1 aromatic rings. The van der Waals surface area contributed by atoms with E-state index in [2.05, 4.69) is 18.8 Å². The maximum absolute atomic E-state index is 13.6. The Balaban J connectivity index is 0.00000400. The molecule has 2 N–H and O–H groups in total. The highest BCUT2D eigenvalue weighted by atomic mass is 127. The van der Waals surface area contributed by atoms with Gasteiger partial charge in [0.1, 0.15) is 5.82 Å². The monoisotopic (exact) mass is 408 g/mol. The summed E-state index contributed by atoms with van der Waals surface area (Å²) in [6.45, 7) is 7.23. The number of hydrogen-bond acceptors (Lipinski definition) is 2. The van der Waals surface area contributed by atoms with Crippen molar-refractivity contribution < 1.29 is 4.39 Å². The molecular formula is C15H26FIN4. The molecule has 0 unspecified atom stereocenters. The van der Waals surface area contributed by atoms with Crippen molar-refractivity contribution in [3.05, 3.63) is 30.1 Å². The van der Waals surface area contributed by atoms with Gasteiger partial charge in [0.2, 0.25) is 0 Å². The minimum Gasteiger partial charge on any atom is -0.372 e. The Morgan fingerprint density at radius 2 is 1.86 bits per heavy atom. The number of halogens is 2. The third-order valence-electron chi connectivity index (χ3n) is 3.28. The molecule has 0 atom stereocenters. The number of hydrogen-bond donors (Lipinski definition) is 1. The predicted molar refractivity (Wildman–Crippen MR) is 99.1 cm³/mol. The van der Waals surface area contributed by atoms with Crippen LogP contribution in [-0.4, -0.2) is 44.1 Å². The third kappa shape index (κ3) is 6.50. The Morgan fingerprint density at radius 1 is 1.24 bits per heavy atom. The summed E-state index contributed by atoms with van der Waals surface area (Å²) in [4.78, 5) is 8.27. The highest BCUT2D eigenvalue weighted by molar-refractivity contribution is 14.0. The fourth-order valence-electron chi connectivity index (χ4n) is 2.03. The summed E-state index contributed by atoms with van der Waals surface area (Å²) in [6.07, 6.45) is 0.840. The van der Waals surface area contributed by atoms with Gasteiger partial charge in [-0.15, -0.1) is 24.0 Å². The van der Waals surface area contributed by atoms with Gasteiger partial charge in [0.25, 0.3) is 0 Å². The van der Waals surface area contributed by atoms with Crippen LogP contribution in [0.2, 0.25) is 0 Å². The lowest BCUT2D eigenvalue weighted by Gasteiger charge is -2.21. The van der Waals surface area contributed by atoms with E-state index in [0.29, 0.717) is 18.2 Å². The van der Waals surface area contributed by atoms with Gasteiger partial charge in [-0.3, -0.25) is 4.99 Å². The molecule has 0 aromatic heterocycles. The fraction of sp³-hybridized carbons (Fsp3) is 0.533. The van der Waals surface area contributed by atoms with Crippen molar-refractivity contribution in [3.8, 4) is 0 Å². The predicted octanol–water partition coefficient (Wildman–Crippen LogP) is 2.93. The lowest BCUT2D eigenvalue weighted by molar-refractivity contribution is 0.458. The van der Waals surface area contributed by atoms with Gasteiger partial charge in [0.05, 0.1) is 5.69 Å². The number of benzene rings is 1. The van der Waals surface area contributed by atoms with Gasteiger partial charge >= 0.3 is 0 Å². The summed E-state index contributed by atoms with van der Waals surface area (Å²) in [7, 11) is 1.88. The first-order valence-electron chi connectivity index (χ1n) is 7.10. The number of rotatable bonds is 7. The van der Waals surface area contributed by atoms with E-state index < -0.39 is 0 Å². The number of anilines is 1. The first-order valence-corrected chi connectivity index (χ1v) is 7.10. The summed E-state index contributed by atoms with van der Waals surface area (Å²) < 4.78 is 13.6. The molecule has 0 aliphatic carbocycles. The topological polar surface area (TPSA) is 44.9 Å². The van der Waals surface area contributed by atoms with E-state index in [1.165, 1.54) is 6.07 Å². The lowest BCUT2D eigenvalue weighted by atomic mass is 10.2. The van der Waals surface area contributed by atoms with Crippen molar-refractivity contribution in [1.29, 1.82) is 0 Å². The summed E-state index contributed by atoms with van der Waals surface area (Å²) in [5.41, 5.74) is 6.51. The van der Waals surface area contributed by atoms with Crippen LogP contribution in [0.1, 0.15) is 20.3 Å². The second-order valence-electron chi connectivity index (χ2n) is 4.64. The van der Waals surface area contributed by atoms with Crippen LogP contribution in [0.5, 0.6) is 0 Å². The van der Waals surface area contributed by atoms with Crippen LogP contribution in [0.15, 0.2) is 29.3 Å². The van der Waals surface area contributed by atoms with E-state index >= 15 is 0 Å². The molecule has 0 spiro atoms. The molecule has 0 fully saturated rings. The van der Waals surface area contributed by atoms with Crippen LogP contribution in [0.3, 0.4) is 0 Å². The third-order valence-corrected chi connectivity index (χ3v) is 3.28. The molecule has 120 valence electrons. The summed E-state index contributed by atoms with van der Waals surface area (Å²) >= 11 is 0. The number of guanidine groups is 1. The Kier molecular flexibility index (Phi) is 10.1. The van der Waals surface area contributed by atoms with Gasteiger partial charge < -0.3 is 15.5 Å². The van der Waals surface area contributed by atoms with Crippen LogP contribution in [0.4, 0.5) is 10.1 Å². The number of nitrogens with two attached hydrogens (primary N) is 1. The quantitative estimate of drug-likeness (QED) is 0.327. The minimum absolute atomic E-state index is 0. The lowest BCUT2D eigenvalue weighted by Crippen LogP contribution is -2.37. The maximum atomic E-state index is 13.6. The van der Waals surface area contributed by atoms with Gasteiger partial charge in [-0.2, -0.15) is 0 Å². The second kappa shape index (κ2) is 10.6. The average Bonchev–Trinajstić information content (AvgIpc) is 2.45. The Bertz CT molecular complexity index is 435. The molecule has 0 radical (unpaired) electrons. The van der Waals surface area contributed by atoms with Gasteiger partial charge in [-0.1, -0.05) is 12.1 Å². The van der Waals surface area contributed by atoms with Crippen molar-refractivity contribution in [2.75, 3.05) is 38.1 Å². The van der Waals surface area contributed by atoms with E-state index in [1.807, 2.05) is 22.9 Å². The molecule has 0 saturated heterocycles.